The number of aryl methyl sites for hydroxylation is 2. The second-order valence-electron chi connectivity index (χ2n) is 6.64. The van der Waals surface area contributed by atoms with E-state index in [1.54, 1.807) is 0 Å². The molecule has 0 aromatic carbocycles. The molecular weight excluding hydrogens is 284 g/mol. The summed E-state index contributed by atoms with van der Waals surface area (Å²) in [6.45, 7) is 2.93. The average molecular weight is 311 g/mol. The SMILES string of the molecule is CCc1nn(C)c(CNC2CC3CCCC(C2)N3C)c1Cl. The summed E-state index contributed by atoms with van der Waals surface area (Å²) in [7, 11) is 4.29. The number of piperidine rings is 2. The van der Waals surface area contributed by atoms with Crippen LogP contribution in [0.3, 0.4) is 0 Å². The van der Waals surface area contributed by atoms with Gasteiger partial charge in [0.2, 0.25) is 0 Å². The van der Waals surface area contributed by atoms with Gasteiger partial charge in [0.05, 0.1) is 16.4 Å². The lowest BCUT2D eigenvalue weighted by Crippen LogP contribution is -2.54. The molecule has 118 valence electrons. The normalized spacial score (nSPS) is 29.8. The maximum atomic E-state index is 6.43. The number of nitrogens with zero attached hydrogens (tertiary/aromatic N) is 3. The van der Waals surface area contributed by atoms with Gasteiger partial charge in [-0.05, 0) is 39.2 Å². The predicted octanol–water partition coefficient (Wildman–Crippen LogP) is 2.74. The molecular formula is C16H27ClN4. The van der Waals surface area contributed by atoms with E-state index in [4.69, 9.17) is 11.6 Å². The maximum absolute atomic E-state index is 6.43. The minimum absolute atomic E-state index is 0.618. The van der Waals surface area contributed by atoms with Gasteiger partial charge in [0.15, 0.2) is 0 Å². The van der Waals surface area contributed by atoms with E-state index in [9.17, 15) is 0 Å². The highest BCUT2D eigenvalue weighted by atomic mass is 35.5. The third kappa shape index (κ3) is 2.99. The molecule has 0 spiro atoms. The fraction of sp³-hybridized carbons (Fsp3) is 0.812. The second kappa shape index (κ2) is 6.27. The summed E-state index contributed by atoms with van der Waals surface area (Å²) in [4.78, 5) is 2.61. The standard InChI is InChI=1S/C16H27ClN4/c1-4-14-16(17)15(21(3)19-14)10-18-11-8-12-6-5-7-13(9-11)20(12)2/h11-13,18H,4-10H2,1-3H3. The molecule has 5 heteroatoms. The van der Waals surface area contributed by atoms with Crippen LogP contribution in [-0.4, -0.2) is 39.9 Å². The quantitative estimate of drug-likeness (QED) is 0.928. The lowest BCUT2D eigenvalue weighted by Gasteiger charge is -2.47. The summed E-state index contributed by atoms with van der Waals surface area (Å²) in [6, 6.07) is 2.15. The van der Waals surface area contributed by atoms with Crippen molar-refractivity contribution >= 4 is 11.6 Å². The molecule has 2 aliphatic heterocycles. The molecule has 0 radical (unpaired) electrons. The number of nitrogens with one attached hydrogen (secondary N) is 1. The van der Waals surface area contributed by atoms with E-state index in [0.717, 1.165) is 41.5 Å². The van der Waals surface area contributed by atoms with Crippen molar-refractivity contribution in [1.82, 2.24) is 20.0 Å². The highest BCUT2D eigenvalue weighted by Gasteiger charge is 2.35. The fourth-order valence-corrected chi connectivity index (χ4v) is 4.40. The summed E-state index contributed by atoms with van der Waals surface area (Å²) in [5.74, 6) is 0. The first kappa shape index (κ1) is 15.3. The molecule has 0 saturated carbocycles. The van der Waals surface area contributed by atoms with Crippen molar-refractivity contribution < 1.29 is 0 Å². The summed E-state index contributed by atoms with van der Waals surface area (Å²) in [5.41, 5.74) is 2.13. The molecule has 2 unspecified atom stereocenters. The Kier molecular flexibility index (Phi) is 4.57. The molecule has 4 nitrogen and oxygen atoms in total. The van der Waals surface area contributed by atoms with Crippen LogP contribution >= 0.6 is 11.6 Å². The van der Waals surface area contributed by atoms with Gasteiger partial charge in [0, 0.05) is 31.7 Å². The topological polar surface area (TPSA) is 33.1 Å². The minimum atomic E-state index is 0.618. The highest BCUT2D eigenvalue weighted by Crippen LogP contribution is 2.33. The number of hydrogen-bond acceptors (Lipinski definition) is 3. The van der Waals surface area contributed by atoms with Gasteiger partial charge >= 0.3 is 0 Å². The summed E-state index contributed by atoms with van der Waals surface area (Å²) in [5, 5.41) is 9.08. The number of rotatable bonds is 4. The van der Waals surface area contributed by atoms with E-state index in [-0.39, 0.29) is 0 Å². The van der Waals surface area contributed by atoms with Crippen LogP contribution in [0, 0.1) is 0 Å². The van der Waals surface area contributed by atoms with Gasteiger partial charge in [0.25, 0.3) is 0 Å². The number of fused-ring (bicyclic) bond motifs is 2. The third-order valence-corrected chi connectivity index (χ3v) is 5.84. The van der Waals surface area contributed by atoms with Crippen LogP contribution in [0.15, 0.2) is 0 Å². The summed E-state index contributed by atoms with van der Waals surface area (Å²) < 4.78 is 1.93. The van der Waals surface area contributed by atoms with Gasteiger partial charge in [-0.1, -0.05) is 24.9 Å². The monoisotopic (exact) mass is 310 g/mol. The van der Waals surface area contributed by atoms with Crippen molar-refractivity contribution in [2.75, 3.05) is 7.05 Å². The minimum Gasteiger partial charge on any atom is -0.308 e. The van der Waals surface area contributed by atoms with Crippen molar-refractivity contribution in [3.63, 3.8) is 0 Å². The third-order valence-electron chi connectivity index (χ3n) is 5.40. The number of hydrogen-bond donors (Lipinski definition) is 1. The van der Waals surface area contributed by atoms with Crippen LogP contribution in [-0.2, 0) is 20.0 Å². The molecule has 2 bridgehead atoms. The Hall–Kier alpha value is -0.580. The van der Waals surface area contributed by atoms with E-state index in [1.165, 1.54) is 32.1 Å². The van der Waals surface area contributed by atoms with Crippen molar-refractivity contribution in [1.29, 1.82) is 0 Å². The van der Waals surface area contributed by atoms with Gasteiger partial charge in [0.1, 0.15) is 0 Å². The van der Waals surface area contributed by atoms with Gasteiger partial charge in [-0.25, -0.2) is 0 Å². The van der Waals surface area contributed by atoms with Gasteiger partial charge in [-0.15, -0.1) is 0 Å². The first-order valence-corrected chi connectivity index (χ1v) is 8.63. The largest absolute Gasteiger partial charge is 0.308 e. The maximum Gasteiger partial charge on any atom is 0.0863 e. The molecule has 0 aliphatic carbocycles. The van der Waals surface area contributed by atoms with Crippen molar-refractivity contribution in [2.45, 2.75) is 70.1 Å². The number of aromatic nitrogens is 2. The molecule has 2 atom stereocenters. The van der Waals surface area contributed by atoms with Crippen molar-refractivity contribution in [2.24, 2.45) is 7.05 Å². The molecule has 2 aliphatic rings. The lowest BCUT2D eigenvalue weighted by atomic mass is 9.82. The van der Waals surface area contributed by atoms with Crippen LogP contribution in [0.25, 0.3) is 0 Å². The molecule has 1 N–H and O–H groups in total. The molecule has 2 saturated heterocycles. The highest BCUT2D eigenvalue weighted by molar-refractivity contribution is 6.31. The zero-order chi connectivity index (χ0) is 15.0. The second-order valence-corrected chi connectivity index (χ2v) is 7.02. The Morgan fingerprint density at radius 2 is 1.90 bits per heavy atom. The van der Waals surface area contributed by atoms with Crippen molar-refractivity contribution in [3.05, 3.63) is 16.4 Å². The Morgan fingerprint density at radius 1 is 1.24 bits per heavy atom. The van der Waals surface area contributed by atoms with Crippen LogP contribution in [0.1, 0.15) is 50.4 Å². The van der Waals surface area contributed by atoms with Gasteiger partial charge in [-0.2, -0.15) is 5.10 Å². The fourth-order valence-electron chi connectivity index (χ4n) is 4.04. The van der Waals surface area contributed by atoms with Crippen LogP contribution < -0.4 is 5.32 Å². The Bertz CT molecular complexity index is 485. The van der Waals surface area contributed by atoms with Crippen molar-refractivity contribution in [3.8, 4) is 0 Å². The van der Waals surface area contributed by atoms with E-state index < -0.39 is 0 Å². The van der Waals surface area contributed by atoms with E-state index in [1.807, 2.05) is 11.7 Å². The molecule has 2 fully saturated rings. The Morgan fingerprint density at radius 3 is 2.48 bits per heavy atom. The van der Waals surface area contributed by atoms with Gasteiger partial charge in [-0.3, -0.25) is 4.68 Å². The summed E-state index contributed by atoms with van der Waals surface area (Å²) >= 11 is 6.43. The first-order valence-electron chi connectivity index (χ1n) is 8.25. The zero-order valence-corrected chi connectivity index (χ0v) is 14.2. The molecule has 3 rings (SSSR count). The van der Waals surface area contributed by atoms with Crippen LogP contribution in [0.2, 0.25) is 5.02 Å². The molecule has 1 aromatic rings. The molecule has 0 amide bonds. The number of halogens is 1. The lowest BCUT2D eigenvalue weighted by molar-refractivity contribution is 0.0481. The first-order chi connectivity index (χ1) is 10.1. The summed E-state index contributed by atoms with van der Waals surface area (Å²) in [6.07, 6.45) is 7.55. The molecule has 21 heavy (non-hydrogen) atoms. The molecule has 3 heterocycles. The zero-order valence-electron chi connectivity index (χ0n) is 13.4. The van der Waals surface area contributed by atoms with E-state index in [2.05, 4.69) is 29.3 Å². The van der Waals surface area contributed by atoms with E-state index in [0.29, 0.717) is 6.04 Å². The van der Waals surface area contributed by atoms with Crippen LogP contribution in [0.5, 0.6) is 0 Å². The van der Waals surface area contributed by atoms with Gasteiger partial charge < -0.3 is 10.2 Å². The Labute approximate surface area is 132 Å². The predicted molar refractivity (Wildman–Crippen MR) is 86.6 cm³/mol. The van der Waals surface area contributed by atoms with Crippen LogP contribution in [0.4, 0.5) is 0 Å². The Balaban J connectivity index is 1.62. The van der Waals surface area contributed by atoms with E-state index >= 15 is 0 Å². The average Bonchev–Trinajstić information content (AvgIpc) is 2.72. The smallest absolute Gasteiger partial charge is 0.0863 e. The molecule has 1 aromatic heterocycles.